The second kappa shape index (κ2) is 6.57. The molecule has 2 N–H and O–H groups in total. The van der Waals surface area contributed by atoms with Crippen LogP contribution in [0.3, 0.4) is 0 Å². The van der Waals surface area contributed by atoms with Crippen molar-refractivity contribution >= 4 is 17.4 Å². The Bertz CT molecular complexity index is 781. The monoisotopic (exact) mass is 322 g/mol. The molecule has 0 aliphatic carbocycles. The first-order valence-corrected chi connectivity index (χ1v) is 8.27. The van der Waals surface area contributed by atoms with E-state index in [1.807, 2.05) is 41.3 Å². The molecule has 0 aromatic heterocycles. The van der Waals surface area contributed by atoms with E-state index in [1.165, 1.54) is 5.56 Å². The molecule has 2 aromatic rings. The molecule has 1 heterocycles. The molecule has 2 aromatic carbocycles. The van der Waals surface area contributed by atoms with Crippen molar-refractivity contribution in [2.45, 2.75) is 32.7 Å². The summed E-state index contributed by atoms with van der Waals surface area (Å²) in [7, 11) is 0. The van der Waals surface area contributed by atoms with Crippen molar-refractivity contribution < 1.29 is 9.59 Å². The molecule has 0 saturated carbocycles. The summed E-state index contributed by atoms with van der Waals surface area (Å²) in [6, 6.07) is 14.0. The fourth-order valence-corrected chi connectivity index (χ4v) is 3.38. The highest BCUT2D eigenvalue weighted by Crippen LogP contribution is 2.34. The lowest BCUT2D eigenvalue weighted by molar-refractivity contribution is -0.117. The van der Waals surface area contributed by atoms with Crippen LogP contribution in [0.4, 0.5) is 5.69 Å². The second-order valence-corrected chi connectivity index (χ2v) is 6.32. The Balaban J connectivity index is 1.94. The van der Waals surface area contributed by atoms with Gasteiger partial charge in [-0.2, -0.15) is 0 Å². The molecule has 24 heavy (non-hydrogen) atoms. The maximum Gasteiger partial charge on any atom is 0.224 e. The second-order valence-electron chi connectivity index (χ2n) is 6.32. The van der Waals surface area contributed by atoms with Crippen molar-refractivity contribution in [3.8, 4) is 11.1 Å². The van der Waals surface area contributed by atoms with Gasteiger partial charge in [0.1, 0.15) is 0 Å². The van der Waals surface area contributed by atoms with Crippen LogP contribution in [-0.2, 0) is 11.2 Å². The Morgan fingerprint density at radius 3 is 2.42 bits per heavy atom. The Morgan fingerprint density at radius 2 is 1.79 bits per heavy atom. The quantitative estimate of drug-likeness (QED) is 0.883. The number of amides is 1. The van der Waals surface area contributed by atoms with Gasteiger partial charge in [0, 0.05) is 24.2 Å². The van der Waals surface area contributed by atoms with Crippen LogP contribution < -0.4 is 10.6 Å². The lowest BCUT2D eigenvalue weighted by Crippen LogP contribution is -2.40. The fraction of sp³-hybridized carbons (Fsp3) is 0.300. The Kier molecular flexibility index (Phi) is 4.49. The van der Waals surface area contributed by atoms with Gasteiger partial charge in [0.2, 0.25) is 5.91 Å². The summed E-state index contributed by atoms with van der Waals surface area (Å²) in [5, 5.41) is 0. The fourth-order valence-electron chi connectivity index (χ4n) is 3.38. The van der Waals surface area contributed by atoms with Crippen LogP contribution in [0.15, 0.2) is 42.5 Å². The first-order chi connectivity index (χ1) is 11.5. The van der Waals surface area contributed by atoms with Gasteiger partial charge in [-0.1, -0.05) is 30.3 Å². The van der Waals surface area contributed by atoms with E-state index in [0.717, 1.165) is 29.7 Å². The van der Waals surface area contributed by atoms with Crippen LogP contribution in [-0.4, -0.2) is 24.3 Å². The summed E-state index contributed by atoms with van der Waals surface area (Å²) in [5.74, 6) is 0.0268. The molecule has 0 spiro atoms. The lowest BCUT2D eigenvalue weighted by Gasteiger charge is -2.34. The molecule has 124 valence electrons. The van der Waals surface area contributed by atoms with Gasteiger partial charge in [-0.25, -0.2) is 0 Å². The molecule has 0 bridgehead atoms. The number of benzene rings is 2. The number of aryl methyl sites for hydroxylation is 1. The third-order valence-corrected chi connectivity index (χ3v) is 4.68. The molecule has 0 saturated heterocycles. The van der Waals surface area contributed by atoms with Crippen LogP contribution in [0.25, 0.3) is 11.1 Å². The van der Waals surface area contributed by atoms with Crippen molar-refractivity contribution in [2.75, 3.05) is 11.4 Å². The van der Waals surface area contributed by atoms with E-state index in [9.17, 15) is 9.59 Å². The van der Waals surface area contributed by atoms with Gasteiger partial charge in [-0.05, 0) is 48.6 Å². The van der Waals surface area contributed by atoms with Crippen molar-refractivity contribution in [3.63, 3.8) is 0 Å². The zero-order chi connectivity index (χ0) is 17.3. The predicted molar refractivity (Wildman–Crippen MR) is 96.2 cm³/mol. The van der Waals surface area contributed by atoms with E-state index in [-0.39, 0.29) is 24.3 Å². The van der Waals surface area contributed by atoms with Gasteiger partial charge in [0.05, 0.1) is 6.54 Å². The molecule has 0 radical (unpaired) electrons. The van der Waals surface area contributed by atoms with Crippen molar-refractivity contribution in [3.05, 3.63) is 53.6 Å². The zero-order valence-electron chi connectivity index (χ0n) is 14.1. The van der Waals surface area contributed by atoms with Crippen LogP contribution in [0.1, 0.15) is 36.2 Å². The van der Waals surface area contributed by atoms with E-state index in [0.29, 0.717) is 5.56 Å². The Morgan fingerprint density at radius 1 is 1.12 bits per heavy atom. The Labute approximate surface area is 142 Å². The van der Waals surface area contributed by atoms with Gasteiger partial charge in [-0.15, -0.1) is 0 Å². The minimum Gasteiger partial charge on any atom is -0.324 e. The number of nitrogens with zero attached hydrogens (tertiary/aromatic N) is 1. The number of Topliss-reactive ketones (excluding diaryl/α,β-unsaturated/α-hetero) is 1. The number of anilines is 1. The third-order valence-electron chi connectivity index (χ3n) is 4.68. The number of nitrogens with two attached hydrogens (primary N) is 1. The van der Waals surface area contributed by atoms with Gasteiger partial charge in [-0.3, -0.25) is 9.59 Å². The highest BCUT2D eigenvalue weighted by molar-refractivity contribution is 5.98. The molecular formula is C20H22N2O2. The lowest BCUT2D eigenvalue weighted by atomic mass is 9.92. The number of hydrogen-bond acceptors (Lipinski definition) is 3. The maximum absolute atomic E-state index is 11.9. The number of ketones is 1. The summed E-state index contributed by atoms with van der Waals surface area (Å²) < 4.78 is 0. The minimum absolute atomic E-state index is 0.0251. The van der Waals surface area contributed by atoms with E-state index in [1.54, 1.807) is 6.92 Å². The predicted octanol–water partition coefficient (Wildman–Crippen LogP) is 3.18. The highest BCUT2D eigenvalue weighted by Gasteiger charge is 2.26. The summed E-state index contributed by atoms with van der Waals surface area (Å²) in [6.07, 6.45) is 1.94. The van der Waals surface area contributed by atoms with Crippen LogP contribution in [0.2, 0.25) is 0 Å². The normalized spacial score (nSPS) is 16.6. The molecule has 3 rings (SSSR count). The van der Waals surface area contributed by atoms with E-state index in [2.05, 4.69) is 13.0 Å². The first-order valence-electron chi connectivity index (χ1n) is 8.27. The van der Waals surface area contributed by atoms with Gasteiger partial charge in [0.25, 0.3) is 0 Å². The molecule has 1 unspecified atom stereocenters. The maximum atomic E-state index is 11.9. The molecule has 1 amide bonds. The molecular weight excluding hydrogens is 300 g/mol. The number of rotatable bonds is 3. The summed E-state index contributed by atoms with van der Waals surface area (Å²) in [5.41, 5.74) is 10.4. The minimum atomic E-state index is -0.0573. The summed E-state index contributed by atoms with van der Waals surface area (Å²) in [6.45, 7) is 3.73. The van der Waals surface area contributed by atoms with Crippen LogP contribution in [0.5, 0.6) is 0 Å². The number of fused-ring (bicyclic) bond motifs is 1. The zero-order valence-corrected chi connectivity index (χ0v) is 14.1. The first kappa shape index (κ1) is 16.4. The van der Waals surface area contributed by atoms with Gasteiger partial charge < -0.3 is 10.6 Å². The molecule has 4 nitrogen and oxygen atoms in total. The number of carbonyl (C=O) groups excluding carboxylic acids is 2. The van der Waals surface area contributed by atoms with Gasteiger partial charge in [0.15, 0.2) is 5.78 Å². The van der Waals surface area contributed by atoms with Crippen molar-refractivity contribution in [2.24, 2.45) is 5.73 Å². The average Bonchev–Trinajstić information content (AvgIpc) is 2.60. The molecule has 0 fully saturated rings. The van der Waals surface area contributed by atoms with E-state index < -0.39 is 0 Å². The van der Waals surface area contributed by atoms with E-state index >= 15 is 0 Å². The van der Waals surface area contributed by atoms with Gasteiger partial charge >= 0.3 is 0 Å². The van der Waals surface area contributed by atoms with Crippen LogP contribution in [0, 0.1) is 0 Å². The molecule has 4 heteroatoms. The third kappa shape index (κ3) is 2.97. The highest BCUT2D eigenvalue weighted by atomic mass is 16.2. The Hall–Kier alpha value is -2.46. The number of hydrogen-bond donors (Lipinski definition) is 1. The molecule has 1 atom stereocenters. The van der Waals surface area contributed by atoms with E-state index in [4.69, 9.17) is 5.73 Å². The molecule has 1 aliphatic heterocycles. The smallest absolute Gasteiger partial charge is 0.224 e. The number of carbonyl (C=O) groups is 2. The topological polar surface area (TPSA) is 63.4 Å². The summed E-state index contributed by atoms with van der Waals surface area (Å²) in [4.78, 5) is 25.4. The van der Waals surface area contributed by atoms with Crippen molar-refractivity contribution in [1.82, 2.24) is 0 Å². The van der Waals surface area contributed by atoms with Crippen LogP contribution >= 0.6 is 0 Å². The SMILES string of the molecule is CC(=O)N1c2ccc(-c3ccc(C(=O)CN)cc3)cc2CCC1C. The summed E-state index contributed by atoms with van der Waals surface area (Å²) >= 11 is 0. The standard InChI is InChI=1S/C20H22N2O2/c1-13-3-4-18-11-17(9-10-19(18)22(13)14(2)23)15-5-7-16(8-6-15)20(24)12-21/h5-11,13H,3-4,12,21H2,1-2H3. The average molecular weight is 322 g/mol. The largest absolute Gasteiger partial charge is 0.324 e. The molecule has 1 aliphatic rings. The van der Waals surface area contributed by atoms with Crippen molar-refractivity contribution in [1.29, 1.82) is 0 Å².